The van der Waals surface area contributed by atoms with Gasteiger partial charge in [-0.1, -0.05) is 30.7 Å². The van der Waals surface area contributed by atoms with Crippen LogP contribution >= 0.6 is 0 Å². The second-order valence-electron chi connectivity index (χ2n) is 6.76. The maximum atomic E-state index is 12.7. The maximum absolute atomic E-state index is 12.7. The van der Waals surface area contributed by atoms with Crippen LogP contribution in [0.25, 0.3) is 22.4 Å². The molecule has 3 aromatic rings. The van der Waals surface area contributed by atoms with Crippen LogP contribution in [0.5, 0.6) is 0 Å². The number of fused-ring (bicyclic) bond motifs is 1. The number of imidazole rings is 1. The molecule has 25 heavy (non-hydrogen) atoms. The van der Waals surface area contributed by atoms with Crippen molar-refractivity contribution < 1.29 is 4.79 Å². The lowest BCUT2D eigenvalue weighted by Gasteiger charge is -2.25. The van der Waals surface area contributed by atoms with E-state index in [2.05, 4.69) is 15.3 Å². The minimum absolute atomic E-state index is 0.00696. The molecule has 4 N–H and O–H groups in total. The number of hydrogen-bond donors (Lipinski definition) is 3. The third-order valence-corrected chi connectivity index (χ3v) is 4.91. The molecule has 0 radical (unpaired) electrons. The van der Waals surface area contributed by atoms with E-state index in [0.29, 0.717) is 0 Å². The monoisotopic (exact) mass is 334 g/mol. The third kappa shape index (κ3) is 3.28. The Morgan fingerprint density at radius 2 is 1.92 bits per heavy atom. The summed E-state index contributed by atoms with van der Waals surface area (Å²) in [5.41, 5.74) is 9.60. The number of carbonyl (C=O) groups excluding carboxylic acids is 1. The Kier molecular flexibility index (Phi) is 4.24. The summed E-state index contributed by atoms with van der Waals surface area (Å²) < 4.78 is 0. The lowest BCUT2D eigenvalue weighted by atomic mass is 9.85. The first kappa shape index (κ1) is 15.8. The molecule has 128 valence electrons. The highest BCUT2D eigenvalue weighted by Crippen LogP contribution is 2.29. The van der Waals surface area contributed by atoms with Gasteiger partial charge < -0.3 is 16.0 Å². The summed E-state index contributed by atoms with van der Waals surface area (Å²) in [5.74, 6) is 0.809. The van der Waals surface area contributed by atoms with Gasteiger partial charge in [0.2, 0.25) is 5.91 Å². The van der Waals surface area contributed by atoms with Crippen molar-refractivity contribution in [3.8, 4) is 11.4 Å². The van der Waals surface area contributed by atoms with E-state index in [0.717, 1.165) is 53.8 Å². The number of H-pyrrole nitrogens is 1. The van der Waals surface area contributed by atoms with Crippen molar-refractivity contribution in [1.29, 1.82) is 0 Å². The average Bonchev–Trinajstić information content (AvgIpc) is 3.06. The molecule has 4 rings (SSSR count). The summed E-state index contributed by atoms with van der Waals surface area (Å²) in [6.07, 6.45) is 3.70. The minimum atomic E-state index is -0.00696. The molecule has 1 saturated carbocycles. The molecule has 1 amide bonds. The van der Waals surface area contributed by atoms with Crippen molar-refractivity contribution >= 4 is 22.6 Å². The van der Waals surface area contributed by atoms with Gasteiger partial charge in [-0.3, -0.25) is 4.79 Å². The Morgan fingerprint density at radius 3 is 2.76 bits per heavy atom. The molecular weight excluding hydrogens is 312 g/mol. The first-order valence-electron chi connectivity index (χ1n) is 8.81. The van der Waals surface area contributed by atoms with Crippen molar-refractivity contribution in [3.63, 3.8) is 0 Å². The number of nitrogens with two attached hydrogens (primary N) is 1. The normalized spacial score (nSPS) is 20.5. The topological polar surface area (TPSA) is 83.8 Å². The molecule has 5 heteroatoms. The van der Waals surface area contributed by atoms with Crippen LogP contribution < -0.4 is 11.1 Å². The number of aromatic amines is 1. The fourth-order valence-electron chi connectivity index (χ4n) is 3.58. The fourth-order valence-corrected chi connectivity index (χ4v) is 3.58. The highest BCUT2D eigenvalue weighted by atomic mass is 16.1. The molecule has 1 aliphatic rings. The zero-order valence-electron chi connectivity index (χ0n) is 14.0. The molecule has 0 saturated heterocycles. The van der Waals surface area contributed by atoms with Crippen molar-refractivity contribution in [2.24, 2.45) is 11.7 Å². The summed E-state index contributed by atoms with van der Waals surface area (Å²) in [4.78, 5) is 20.6. The van der Waals surface area contributed by atoms with Crippen LogP contribution in [0, 0.1) is 5.92 Å². The number of amides is 1. The van der Waals surface area contributed by atoms with E-state index in [-0.39, 0.29) is 17.9 Å². The molecule has 0 bridgehead atoms. The molecular formula is C20H22N4O. The van der Waals surface area contributed by atoms with Crippen LogP contribution in [0.15, 0.2) is 48.5 Å². The number of para-hydroxylation sites is 3. The Labute approximate surface area is 146 Å². The molecule has 5 nitrogen and oxygen atoms in total. The van der Waals surface area contributed by atoms with Gasteiger partial charge >= 0.3 is 0 Å². The Bertz CT molecular complexity index is 868. The second-order valence-corrected chi connectivity index (χ2v) is 6.76. The first-order valence-corrected chi connectivity index (χ1v) is 8.81. The first-order chi connectivity index (χ1) is 12.2. The summed E-state index contributed by atoms with van der Waals surface area (Å²) >= 11 is 0. The number of benzene rings is 2. The van der Waals surface area contributed by atoms with Crippen LogP contribution in [-0.4, -0.2) is 21.9 Å². The molecule has 0 spiro atoms. The number of rotatable bonds is 3. The van der Waals surface area contributed by atoms with E-state index in [4.69, 9.17) is 5.73 Å². The van der Waals surface area contributed by atoms with Crippen LogP contribution in [0.4, 0.5) is 5.69 Å². The number of anilines is 1. The van der Waals surface area contributed by atoms with E-state index in [9.17, 15) is 4.79 Å². The van der Waals surface area contributed by atoms with Crippen molar-refractivity contribution in [1.82, 2.24) is 9.97 Å². The van der Waals surface area contributed by atoms with Gasteiger partial charge in [0.1, 0.15) is 5.82 Å². The van der Waals surface area contributed by atoms with Gasteiger partial charge in [-0.15, -0.1) is 0 Å². The van der Waals surface area contributed by atoms with Crippen LogP contribution in [0.1, 0.15) is 25.7 Å². The lowest BCUT2D eigenvalue weighted by molar-refractivity contribution is -0.120. The zero-order valence-corrected chi connectivity index (χ0v) is 14.0. The number of carbonyl (C=O) groups is 1. The van der Waals surface area contributed by atoms with Gasteiger partial charge in [0.05, 0.1) is 16.7 Å². The Balaban J connectivity index is 1.61. The number of nitrogens with zero attached hydrogens (tertiary/aromatic N) is 1. The highest BCUT2D eigenvalue weighted by molar-refractivity contribution is 5.96. The average molecular weight is 334 g/mol. The van der Waals surface area contributed by atoms with Crippen molar-refractivity contribution in [2.45, 2.75) is 31.7 Å². The number of aromatic nitrogens is 2. The number of nitrogens with one attached hydrogen (secondary N) is 2. The predicted molar refractivity (Wildman–Crippen MR) is 100 cm³/mol. The van der Waals surface area contributed by atoms with E-state index < -0.39 is 0 Å². The van der Waals surface area contributed by atoms with Gasteiger partial charge in [-0.2, -0.15) is 0 Å². The molecule has 1 aromatic heterocycles. The quantitative estimate of drug-likeness (QED) is 0.683. The van der Waals surface area contributed by atoms with E-state index in [1.807, 2.05) is 48.5 Å². The summed E-state index contributed by atoms with van der Waals surface area (Å²) in [6.45, 7) is 0. The Morgan fingerprint density at radius 1 is 1.12 bits per heavy atom. The SMILES string of the molecule is NC1CCCC(C(=O)Nc2ccccc2-c2nc3ccccc3[nH]2)C1. The minimum Gasteiger partial charge on any atom is -0.338 e. The fraction of sp³-hybridized carbons (Fsp3) is 0.300. The van der Waals surface area contributed by atoms with Gasteiger partial charge in [-0.05, 0) is 43.5 Å². The summed E-state index contributed by atoms with van der Waals surface area (Å²) in [5, 5.41) is 3.09. The third-order valence-electron chi connectivity index (χ3n) is 4.91. The molecule has 0 aliphatic heterocycles. The second kappa shape index (κ2) is 6.69. The summed E-state index contributed by atoms with van der Waals surface area (Å²) in [6, 6.07) is 15.8. The number of hydrogen-bond acceptors (Lipinski definition) is 3. The smallest absolute Gasteiger partial charge is 0.227 e. The zero-order chi connectivity index (χ0) is 17.2. The van der Waals surface area contributed by atoms with E-state index >= 15 is 0 Å². The van der Waals surface area contributed by atoms with Crippen molar-refractivity contribution in [3.05, 3.63) is 48.5 Å². The van der Waals surface area contributed by atoms with Crippen LogP contribution in [0.3, 0.4) is 0 Å². The molecule has 2 unspecified atom stereocenters. The van der Waals surface area contributed by atoms with Gasteiger partial charge in [0, 0.05) is 17.5 Å². The van der Waals surface area contributed by atoms with Gasteiger partial charge in [0.25, 0.3) is 0 Å². The lowest BCUT2D eigenvalue weighted by Crippen LogP contribution is -2.34. The predicted octanol–water partition coefficient (Wildman–Crippen LogP) is 3.69. The molecule has 1 heterocycles. The largest absolute Gasteiger partial charge is 0.338 e. The highest BCUT2D eigenvalue weighted by Gasteiger charge is 2.26. The van der Waals surface area contributed by atoms with E-state index in [1.54, 1.807) is 0 Å². The van der Waals surface area contributed by atoms with E-state index in [1.165, 1.54) is 0 Å². The molecule has 2 aromatic carbocycles. The molecule has 2 atom stereocenters. The van der Waals surface area contributed by atoms with Crippen molar-refractivity contribution in [2.75, 3.05) is 5.32 Å². The van der Waals surface area contributed by atoms with Crippen LogP contribution in [0.2, 0.25) is 0 Å². The van der Waals surface area contributed by atoms with Gasteiger partial charge in [0.15, 0.2) is 0 Å². The van der Waals surface area contributed by atoms with Crippen LogP contribution in [-0.2, 0) is 4.79 Å². The standard InChI is InChI=1S/C20H22N4O/c21-14-7-5-6-13(12-14)20(25)24-16-9-2-1-8-15(16)19-22-17-10-3-4-11-18(17)23-19/h1-4,8-11,13-14H,5-7,12,21H2,(H,22,23)(H,24,25). The Hall–Kier alpha value is -2.66. The molecule has 1 fully saturated rings. The van der Waals surface area contributed by atoms with Gasteiger partial charge in [-0.25, -0.2) is 4.98 Å². The summed E-state index contributed by atoms with van der Waals surface area (Å²) in [7, 11) is 0. The molecule has 1 aliphatic carbocycles. The maximum Gasteiger partial charge on any atom is 0.227 e.